The summed E-state index contributed by atoms with van der Waals surface area (Å²) in [4.78, 5) is 0. The van der Waals surface area contributed by atoms with Crippen LogP contribution in [-0.2, 0) is 0 Å². The van der Waals surface area contributed by atoms with Crippen LogP contribution < -0.4 is 11.5 Å². The highest BCUT2D eigenvalue weighted by molar-refractivity contribution is 5.45. The van der Waals surface area contributed by atoms with E-state index in [2.05, 4.69) is 39.8 Å². The van der Waals surface area contributed by atoms with Gasteiger partial charge in [0.15, 0.2) is 0 Å². The molecule has 146 valence electrons. The Balaban J connectivity index is 2.00. The Hall–Kier alpha value is -0.860. The summed E-state index contributed by atoms with van der Waals surface area (Å²) in [5.41, 5.74) is 18.8. The molecule has 0 spiro atoms. The molecule has 4 N–H and O–H groups in total. The minimum Gasteiger partial charge on any atom is -0.328 e. The van der Waals surface area contributed by atoms with E-state index in [1.165, 1.54) is 51.4 Å². The first kappa shape index (κ1) is 19.9. The van der Waals surface area contributed by atoms with Gasteiger partial charge in [0.2, 0.25) is 0 Å². The van der Waals surface area contributed by atoms with Gasteiger partial charge >= 0.3 is 0 Å². The minimum absolute atomic E-state index is 0.419. The maximum atomic E-state index is 6.18. The van der Waals surface area contributed by atoms with Crippen LogP contribution in [0.3, 0.4) is 0 Å². The number of nitrogens with two attached hydrogens (primary N) is 2. The fraction of sp³-hybridized carbons (Fsp3) is 0.750. The highest BCUT2D eigenvalue weighted by Crippen LogP contribution is 2.43. The molecule has 2 saturated carbocycles. The summed E-state index contributed by atoms with van der Waals surface area (Å²) in [6.07, 6.45) is 9.77. The van der Waals surface area contributed by atoms with E-state index < -0.39 is 0 Å². The average molecular weight is 357 g/mol. The van der Waals surface area contributed by atoms with E-state index >= 15 is 0 Å². The van der Waals surface area contributed by atoms with Gasteiger partial charge in [-0.15, -0.1) is 0 Å². The summed E-state index contributed by atoms with van der Waals surface area (Å²) < 4.78 is 0. The zero-order valence-electron chi connectivity index (χ0n) is 17.4. The van der Waals surface area contributed by atoms with Crippen molar-refractivity contribution in [3.05, 3.63) is 34.4 Å². The molecule has 0 amide bonds. The topological polar surface area (TPSA) is 52.0 Å². The van der Waals surface area contributed by atoms with Gasteiger partial charge in [0, 0.05) is 12.1 Å². The molecule has 0 atom stereocenters. The second-order valence-corrected chi connectivity index (χ2v) is 9.64. The summed E-state index contributed by atoms with van der Waals surface area (Å²) in [5.74, 6) is 2.59. The average Bonchev–Trinajstić information content (AvgIpc) is 2.62. The number of rotatable bonds is 4. The van der Waals surface area contributed by atoms with E-state index in [1.54, 1.807) is 22.3 Å². The fourth-order valence-corrected chi connectivity index (χ4v) is 5.24. The molecule has 0 radical (unpaired) electrons. The predicted octanol–water partition coefficient (Wildman–Crippen LogP) is 5.90. The number of hydrogen-bond acceptors (Lipinski definition) is 2. The normalized spacial score (nSPS) is 30.2. The van der Waals surface area contributed by atoms with E-state index in [1.807, 2.05) is 0 Å². The Morgan fingerprint density at radius 2 is 0.962 bits per heavy atom. The van der Waals surface area contributed by atoms with Gasteiger partial charge in [0.25, 0.3) is 0 Å². The van der Waals surface area contributed by atoms with Gasteiger partial charge in [0.05, 0.1) is 0 Å². The van der Waals surface area contributed by atoms with E-state index in [-0.39, 0.29) is 0 Å². The second-order valence-electron chi connectivity index (χ2n) is 9.64. The molecule has 0 saturated heterocycles. The highest BCUT2D eigenvalue weighted by atomic mass is 14.6. The summed E-state index contributed by atoms with van der Waals surface area (Å²) in [7, 11) is 0. The molecule has 0 aromatic heterocycles. The Morgan fingerprint density at radius 1 is 0.615 bits per heavy atom. The van der Waals surface area contributed by atoms with Gasteiger partial charge in [-0.2, -0.15) is 0 Å². The zero-order valence-corrected chi connectivity index (χ0v) is 17.4. The monoisotopic (exact) mass is 356 g/mol. The lowest BCUT2D eigenvalue weighted by atomic mass is 9.73. The lowest BCUT2D eigenvalue weighted by Crippen LogP contribution is -2.27. The smallest absolute Gasteiger partial charge is 0.00392 e. The summed E-state index contributed by atoms with van der Waals surface area (Å²) in [6, 6.07) is 6.04. The van der Waals surface area contributed by atoms with Gasteiger partial charge in [-0.3, -0.25) is 0 Å². The summed E-state index contributed by atoms with van der Waals surface area (Å²) >= 11 is 0. The van der Waals surface area contributed by atoms with Crippen LogP contribution in [0.1, 0.15) is 125 Å². The lowest BCUT2D eigenvalue weighted by molar-refractivity contribution is 0.386. The first-order valence-corrected chi connectivity index (χ1v) is 11.1. The zero-order chi connectivity index (χ0) is 18.8. The molecular weight excluding hydrogens is 316 g/mol. The summed E-state index contributed by atoms with van der Waals surface area (Å²) in [5, 5.41) is 0. The van der Waals surface area contributed by atoms with Crippen LogP contribution in [0.4, 0.5) is 0 Å². The van der Waals surface area contributed by atoms with Gasteiger partial charge < -0.3 is 11.5 Å². The lowest BCUT2D eigenvalue weighted by Gasteiger charge is -2.33. The maximum absolute atomic E-state index is 6.18. The fourth-order valence-electron chi connectivity index (χ4n) is 5.24. The van der Waals surface area contributed by atoms with Crippen molar-refractivity contribution in [1.29, 1.82) is 0 Å². The Bertz CT molecular complexity index is 539. The van der Waals surface area contributed by atoms with Crippen LogP contribution in [-0.4, -0.2) is 12.1 Å². The van der Waals surface area contributed by atoms with Gasteiger partial charge in [-0.05, 0) is 97.3 Å². The van der Waals surface area contributed by atoms with Crippen LogP contribution in [0.25, 0.3) is 0 Å². The molecule has 26 heavy (non-hydrogen) atoms. The molecular formula is C24H40N2. The van der Waals surface area contributed by atoms with Crippen LogP contribution in [0.5, 0.6) is 0 Å². The maximum Gasteiger partial charge on any atom is 0.00392 e. The molecule has 0 aliphatic heterocycles. The molecule has 2 aliphatic rings. The third-order valence-electron chi connectivity index (χ3n) is 6.96. The minimum atomic E-state index is 0.419. The van der Waals surface area contributed by atoms with E-state index in [0.29, 0.717) is 35.8 Å². The van der Waals surface area contributed by atoms with Gasteiger partial charge in [-0.1, -0.05) is 39.8 Å². The molecule has 3 rings (SSSR count). The SMILES string of the molecule is CC(C)c1cc(C(C)C)c(C2CCC(N)CC2)cc1C1CCC(N)CC1. The quantitative estimate of drug-likeness (QED) is 0.705. The van der Waals surface area contributed by atoms with Crippen molar-refractivity contribution >= 4 is 0 Å². The highest BCUT2D eigenvalue weighted by Gasteiger charge is 2.28. The summed E-state index contributed by atoms with van der Waals surface area (Å²) in [6.45, 7) is 9.43. The van der Waals surface area contributed by atoms with Crippen molar-refractivity contribution in [2.24, 2.45) is 11.5 Å². The van der Waals surface area contributed by atoms with Crippen molar-refractivity contribution < 1.29 is 0 Å². The third kappa shape index (κ3) is 4.34. The van der Waals surface area contributed by atoms with Crippen LogP contribution in [0.2, 0.25) is 0 Å². The number of hydrogen-bond donors (Lipinski definition) is 2. The number of benzene rings is 1. The Labute approximate surface area is 161 Å². The molecule has 1 aromatic carbocycles. The van der Waals surface area contributed by atoms with Gasteiger partial charge in [0.1, 0.15) is 0 Å². The van der Waals surface area contributed by atoms with Crippen LogP contribution in [0.15, 0.2) is 12.1 Å². The standard InChI is InChI=1S/C24H40N2/c1-15(2)21-13-22(16(3)4)24(18-7-11-20(26)12-8-18)14-23(21)17-5-9-19(25)10-6-17/h13-20H,5-12,25-26H2,1-4H3. The molecule has 2 fully saturated rings. The second kappa shape index (κ2) is 8.44. The first-order valence-electron chi connectivity index (χ1n) is 11.1. The molecule has 0 unspecified atom stereocenters. The first-order chi connectivity index (χ1) is 12.4. The van der Waals surface area contributed by atoms with Gasteiger partial charge in [-0.25, -0.2) is 0 Å². The largest absolute Gasteiger partial charge is 0.328 e. The molecule has 2 nitrogen and oxygen atoms in total. The van der Waals surface area contributed by atoms with Crippen LogP contribution >= 0.6 is 0 Å². The van der Waals surface area contributed by atoms with Crippen molar-refractivity contribution in [3.8, 4) is 0 Å². The molecule has 0 heterocycles. The van der Waals surface area contributed by atoms with Crippen molar-refractivity contribution in [3.63, 3.8) is 0 Å². The van der Waals surface area contributed by atoms with Crippen molar-refractivity contribution in [2.45, 2.75) is 115 Å². The molecule has 2 aliphatic carbocycles. The molecule has 0 bridgehead atoms. The molecule has 1 aromatic rings. The molecule has 2 heteroatoms. The predicted molar refractivity (Wildman–Crippen MR) is 113 cm³/mol. The van der Waals surface area contributed by atoms with Crippen molar-refractivity contribution in [2.75, 3.05) is 0 Å². The Kier molecular flexibility index (Phi) is 6.45. The van der Waals surface area contributed by atoms with Crippen LogP contribution in [0, 0.1) is 0 Å². The van der Waals surface area contributed by atoms with E-state index in [9.17, 15) is 0 Å². The van der Waals surface area contributed by atoms with E-state index in [4.69, 9.17) is 11.5 Å². The third-order valence-corrected chi connectivity index (χ3v) is 6.96. The van der Waals surface area contributed by atoms with Crippen molar-refractivity contribution in [1.82, 2.24) is 0 Å². The van der Waals surface area contributed by atoms with E-state index in [0.717, 1.165) is 0 Å². The Morgan fingerprint density at radius 3 is 1.27 bits per heavy atom.